The third-order valence-corrected chi connectivity index (χ3v) is 9.16. The van der Waals surface area contributed by atoms with E-state index in [0.29, 0.717) is 31.9 Å². The van der Waals surface area contributed by atoms with Gasteiger partial charge in [-0.25, -0.2) is 0 Å². The molecule has 9 heteroatoms. The summed E-state index contributed by atoms with van der Waals surface area (Å²) in [6.45, 7) is 6.31. The average Bonchev–Trinajstić information content (AvgIpc) is 2.98. The number of nitrogens with zero attached hydrogens (tertiary/aromatic N) is 2. The van der Waals surface area contributed by atoms with E-state index in [1.165, 1.54) is 56.0 Å². The van der Waals surface area contributed by atoms with Crippen molar-refractivity contribution in [1.82, 2.24) is 4.90 Å². The van der Waals surface area contributed by atoms with Gasteiger partial charge in [-0.15, -0.1) is 0 Å². The summed E-state index contributed by atoms with van der Waals surface area (Å²) >= 11 is 1.52. The number of anilines is 2. The molecule has 2 aromatic rings. The molecule has 0 saturated carbocycles. The summed E-state index contributed by atoms with van der Waals surface area (Å²) in [5.74, 6) is -0.130. The minimum Gasteiger partial charge on any atom is -0.463 e. The van der Waals surface area contributed by atoms with Crippen LogP contribution in [0, 0.1) is 0 Å². The molecule has 1 fully saturated rings. The molecule has 2 heterocycles. The lowest BCUT2D eigenvalue weighted by Crippen LogP contribution is -2.38. The van der Waals surface area contributed by atoms with Gasteiger partial charge in [-0.3, -0.25) is 4.79 Å². The molecule has 5 nitrogen and oxygen atoms in total. The maximum absolute atomic E-state index is 13.5. The number of ether oxygens (including phenoxy) is 2. The molecule has 1 saturated heterocycles. The number of benzene rings is 2. The fourth-order valence-electron chi connectivity index (χ4n) is 5.67. The lowest BCUT2D eigenvalue weighted by Gasteiger charge is -2.35. The average molecular weight is 607 g/mol. The Morgan fingerprint density at radius 1 is 0.881 bits per heavy atom. The molecule has 0 bridgehead atoms. The van der Waals surface area contributed by atoms with Gasteiger partial charge in [0.05, 0.1) is 29.6 Å². The molecule has 0 spiro atoms. The van der Waals surface area contributed by atoms with E-state index in [2.05, 4.69) is 11.8 Å². The number of halogens is 3. The summed E-state index contributed by atoms with van der Waals surface area (Å²) in [4.78, 5) is 18.3. The Morgan fingerprint density at radius 2 is 1.60 bits per heavy atom. The zero-order chi connectivity index (χ0) is 29.8. The highest BCUT2D eigenvalue weighted by atomic mass is 32.2. The number of unbranched alkanes of at least 4 members (excludes halogenated alkanes) is 6. The van der Waals surface area contributed by atoms with E-state index in [1.807, 2.05) is 29.2 Å². The second kappa shape index (κ2) is 16.6. The Bertz CT molecular complexity index is 1120. The highest BCUT2D eigenvalue weighted by molar-refractivity contribution is 7.99. The van der Waals surface area contributed by atoms with Crippen LogP contribution in [0.15, 0.2) is 52.3 Å². The Labute approximate surface area is 253 Å². The minimum atomic E-state index is -4.37. The monoisotopic (exact) mass is 606 g/mol. The van der Waals surface area contributed by atoms with Gasteiger partial charge in [0.25, 0.3) is 0 Å². The van der Waals surface area contributed by atoms with Crippen molar-refractivity contribution in [3.63, 3.8) is 0 Å². The third kappa shape index (κ3) is 9.91. The summed E-state index contributed by atoms with van der Waals surface area (Å²) in [6.07, 6.45) is 7.23. The van der Waals surface area contributed by atoms with Crippen LogP contribution in [0.4, 0.5) is 24.5 Å². The van der Waals surface area contributed by atoms with Gasteiger partial charge in [0, 0.05) is 35.8 Å². The van der Waals surface area contributed by atoms with Crippen molar-refractivity contribution in [3.8, 4) is 0 Å². The molecule has 0 aliphatic carbocycles. The van der Waals surface area contributed by atoms with Gasteiger partial charge in [-0.2, -0.15) is 13.2 Å². The molecule has 2 aromatic carbocycles. The van der Waals surface area contributed by atoms with Crippen LogP contribution in [-0.4, -0.2) is 56.4 Å². The number of piperidine rings is 1. The van der Waals surface area contributed by atoms with Crippen LogP contribution < -0.4 is 4.90 Å². The largest absolute Gasteiger partial charge is 0.463 e. The number of esters is 1. The molecular formula is C33H45F3N2O3S. The Balaban J connectivity index is 1.13. The Kier molecular flexibility index (Phi) is 12.9. The van der Waals surface area contributed by atoms with Crippen LogP contribution in [0.3, 0.4) is 0 Å². The molecule has 42 heavy (non-hydrogen) atoms. The van der Waals surface area contributed by atoms with E-state index in [9.17, 15) is 18.0 Å². The number of fused-ring (bicyclic) bond motifs is 2. The number of carbonyl (C=O) groups excluding carboxylic acids is 1. The maximum Gasteiger partial charge on any atom is 0.416 e. The molecule has 0 aromatic heterocycles. The van der Waals surface area contributed by atoms with Gasteiger partial charge in [0.1, 0.15) is 6.61 Å². The van der Waals surface area contributed by atoms with Gasteiger partial charge < -0.3 is 19.3 Å². The van der Waals surface area contributed by atoms with Gasteiger partial charge in [0.2, 0.25) is 0 Å². The van der Waals surface area contributed by atoms with E-state index in [1.54, 1.807) is 6.07 Å². The van der Waals surface area contributed by atoms with Gasteiger partial charge >= 0.3 is 12.1 Å². The normalized spacial score (nSPS) is 15.9. The standard InChI is InChI=1S/C33H45F3N2O3S/c1-2-3-4-5-6-7-8-14-32(39)41-24-23-40-27-17-21-37(22-18-27)19-11-20-38-28-12-9-10-13-30(28)42-31-16-15-26(25-29(31)38)33(34,35)36/h9-10,12-13,15-16,25,27H,2-8,11,14,17-24H2,1H3. The first-order chi connectivity index (χ1) is 20.3. The molecule has 232 valence electrons. The zero-order valence-corrected chi connectivity index (χ0v) is 25.6. The smallest absolute Gasteiger partial charge is 0.416 e. The highest BCUT2D eigenvalue weighted by Gasteiger charge is 2.33. The Morgan fingerprint density at radius 3 is 2.36 bits per heavy atom. The van der Waals surface area contributed by atoms with Gasteiger partial charge in [0.15, 0.2) is 0 Å². The van der Waals surface area contributed by atoms with E-state index in [0.717, 1.165) is 67.2 Å². The molecule has 2 aliphatic heterocycles. The van der Waals surface area contributed by atoms with Crippen LogP contribution in [0.1, 0.15) is 83.1 Å². The van der Waals surface area contributed by atoms with Gasteiger partial charge in [-0.05, 0) is 62.6 Å². The summed E-state index contributed by atoms with van der Waals surface area (Å²) in [5, 5.41) is 0. The van der Waals surface area contributed by atoms with Crippen LogP contribution >= 0.6 is 11.8 Å². The number of carbonyl (C=O) groups is 1. The highest BCUT2D eigenvalue weighted by Crippen LogP contribution is 2.49. The van der Waals surface area contributed by atoms with Crippen molar-refractivity contribution in [2.75, 3.05) is 44.3 Å². The number of alkyl halides is 3. The quantitative estimate of drug-likeness (QED) is 0.140. The Hall–Kier alpha value is -2.23. The number of para-hydroxylation sites is 1. The van der Waals surface area contributed by atoms with Crippen molar-refractivity contribution < 1.29 is 27.4 Å². The molecule has 4 rings (SSSR count). The number of hydrogen-bond donors (Lipinski definition) is 0. The van der Waals surface area contributed by atoms with E-state index >= 15 is 0 Å². The zero-order valence-electron chi connectivity index (χ0n) is 24.8. The fraction of sp³-hybridized carbons (Fsp3) is 0.606. The fourth-order valence-corrected chi connectivity index (χ4v) is 6.74. The molecule has 0 radical (unpaired) electrons. The second-order valence-electron chi connectivity index (χ2n) is 11.3. The van der Waals surface area contributed by atoms with Crippen molar-refractivity contribution in [1.29, 1.82) is 0 Å². The first-order valence-corrected chi connectivity index (χ1v) is 16.4. The SMILES string of the molecule is CCCCCCCCCC(=O)OCCOC1CCN(CCCN2c3ccccc3Sc3ccc(C(F)(F)F)cc32)CC1. The minimum absolute atomic E-state index is 0.130. The van der Waals surface area contributed by atoms with Gasteiger partial charge in [-0.1, -0.05) is 69.3 Å². The number of rotatable bonds is 16. The van der Waals surface area contributed by atoms with E-state index < -0.39 is 11.7 Å². The predicted molar refractivity (Wildman–Crippen MR) is 163 cm³/mol. The predicted octanol–water partition coefficient (Wildman–Crippen LogP) is 8.86. The van der Waals surface area contributed by atoms with Crippen molar-refractivity contribution in [2.45, 2.75) is 99.6 Å². The van der Waals surface area contributed by atoms with Crippen LogP contribution in [0.5, 0.6) is 0 Å². The van der Waals surface area contributed by atoms with Crippen LogP contribution in [0.2, 0.25) is 0 Å². The first-order valence-electron chi connectivity index (χ1n) is 15.6. The topological polar surface area (TPSA) is 42.0 Å². The van der Waals surface area contributed by atoms with Crippen LogP contribution in [0.25, 0.3) is 0 Å². The molecule has 0 amide bonds. The number of hydrogen-bond acceptors (Lipinski definition) is 6. The van der Waals surface area contributed by atoms with E-state index in [4.69, 9.17) is 9.47 Å². The summed E-state index contributed by atoms with van der Waals surface area (Å²) in [5.41, 5.74) is 0.976. The second-order valence-corrected chi connectivity index (χ2v) is 12.3. The van der Waals surface area contributed by atoms with Crippen molar-refractivity contribution in [3.05, 3.63) is 48.0 Å². The summed E-state index contributed by atoms with van der Waals surface area (Å²) < 4.78 is 51.7. The molecule has 0 N–H and O–H groups in total. The molecular weight excluding hydrogens is 561 g/mol. The molecule has 2 aliphatic rings. The molecule has 0 atom stereocenters. The van der Waals surface area contributed by atoms with E-state index in [-0.39, 0.29) is 12.1 Å². The number of likely N-dealkylation sites (tertiary alicyclic amines) is 1. The maximum atomic E-state index is 13.5. The molecule has 0 unspecified atom stereocenters. The van der Waals surface area contributed by atoms with Crippen LogP contribution in [-0.2, 0) is 20.4 Å². The summed E-state index contributed by atoms with van der Waals surface area (Å²) in [6, 6.07) is 12.0. The lowest BCUT2D eigenvalue weighted by molar-refractivity contribution is -0.146. The summed E-state index contributed by atoms with van der Waals surface area (Å²) in [7, 11) is 0. The van der Waals surface area contributed by atoms with Crippen molar-refractivity contribution in [2.24, 2.45) is 0 Å². The third-order valence-electron chi connectivity index (χ3n) is 8.03. The first kappa shape index (κ1) is 32.7. The van der Waals surface area contributed by atoms with Crippen molar-refractivity contribution >= 4 is 29.1 Å². The lowest BCUT2D eigenvalue weighted by atomic mass is 10.1.